The van der Waals surface area contributed by atoms with Crippen molar-refractivity contribution in [3.05, 3.63) is 99.1 Å². The summed E-state index contributed by atoms with van der Waals surface area (Å²) in [7, 11) is 0. The van der Waals surface area contributed by atoms with Gasteiger partial charge in [0.25, 0.3) is 0 Å². The summed E-state index contributed by atoms with van der Waals surface area (Å²) in [4.78, 5) is 1.08. The Morgan fingerprint density at radius 2 is 0.862 bits per heavy atom. The van der Waals surface area contributed by atoms with Gasteiger partial charge in [0.2, 0.25) is 0 Å². The van der Waals surface area contributed by atoms with Crippen molar-refractivity contribution in [3.63, 3.8) is 0 Å². The first-order valence-corrected chi connectivity index (χ1v) is 9.47. The zero-order valence-electron chi connectivity index (χ0n) is 17.5. The standard InChI is InChI=1S/2C8H8F2.C8H10S/c2*1-5-3-7(9)6(2)8(10)4-5;1-6-3-4-7(2)8(9)5-6/h2*3-4H,1-2H3;3-5,9H,1-2H3. The summed E-state index contributed by atoms with van der Waals surface area (Å²) in [5.41, 5.74) is 3.91. The molecule has 0 nitrogen and oxygen atoms in total. The Kier molecular flexibility index (Phi) is 9.44. The Morgan fingerprint density at radius 3 is 1.14 bits per heavy atom. The van der Waals surface area contributed by atoms with E-state index < -0.39 is 23.3 Å². The monoisotopic (exact) mass is 422 g/mol. The molecule has 3 rings (SSSR count). The predicted octanol–water partition coefficient (Wildman–Crippen LogP) is 7.76. The van der Waals surface area contributed by atoms with Crippen LogP contribution in [0.3, 0.4) is 0 Å². The molecule has 0 spiro atoms. The molecule has 0 fully saturated rings. The van der Waals surface area contributed by atoms with E-state index in [0.29, 0.717) is 11.1 Å². The molecule has 0 N–H and O–H groups in total. The third kappa shape index (κ3) is 7.94. The number of rotatable bonds is 0. The lowest BCUT2D eigenvalue weighted by atomic mass is 10.1. The van der Waals surface area contributed by atoms with E-state index in [1.807, 2.05) is 0 Å². The number of aryl methyl sites for hydroxylation is 4. The van der Waals surface area contributed by atoms with Crippen molar-refractivity contribution in [3.8, 4) is 0 Å². The lowest BCUT2D eigenvalue weighted by molar-refractivity contribution is 0.565. The fraction of sp³-hybridized carbons (Fsp3) is 0.250. The Hall–Kier alpha value is -2.27. The SMILES string of the molecule is Cc1cc(F)c(C)c(F)c1.Cc1cc(F)c(C)c(F)c1.Cc1ccc(C)c(S)c1. The minimum atomic E-state index is -0.475. The molecule has 0 unspecified atom stereocenters. The van der Waals surface area contributed by atoms with Crippen molar-refractivity contribution in [2.75, 3.05) is 0 Å². The van der Waals surface area contributed by atoms with Crippen LogP contribution in [0.15, 0.2) is 47.4 Å². The highest BCUT2D eigenvalue weighted by molar-refractivity contribution is 7.80. The summed E-state index contributed by atoms with van der Waals surface area (Å²) in [6, 6.07) is 11.5. The van der Waals surface area contributed by atoms with Crippen molar-refractivity contribution >= 4 is 12.6 Å². The van der Waals surface area contributed by atoms with E-state index in [9.17, 15) is 17.6 Å². The largest absolute Gasteiger partial charge is 0.207 e. The Labute approximate surface area is 176 Å². The van der Waals surface area contributed by atoms with Gasteiger partial charge >= 0.3 is 0 Å². The highest BCUT2D eigenvalue weighted by Crippen LogP contribution is 2.14. The van der Waals surface area contributed by atoms with E-state index in [2.05, 4.69) is 44.7 Å². The molecule has 3 aromatic rings. The Balaban J connectivity index is 0.000000218. The second kappa shape index (κ2) is 11.1. The summed E-state index contributed by atoms with van der Waals surface area (Å²) in [5, 5.41) is 0. The first kappa shape index (κ1) is 24.8. The highest BCUT2D eigenvalue weighted by atomic mass is 32.1. The molecule has 0 aliphatic carbocycles. The highest BCUT2D eigenvalue weighted by Gasteiger charge is 2.03. The lowest BCUT2D eigenvalue weighted by Gasteiger charge is -1.98. The smallest absolute Gasteiger partial charge is 0.129 e. The van der Waals surface area contributed by atoms with Crippen LogP contribution in [0.4, 0.5) is 17.6 Å². The number of hydrogen-bond donors (Lipinski definition) is 1. The summed E-state index contributed by atoms with van der Waals surface area (Å²) >= 11 is 4.27. The number of hydrogen-bond acceptors (Lipinski definition) is 1. The molecule has 0 aliphatic rings. The average Bonchev–Trinajstić information content (AvgIpc) is 2.62. The summed E-state index contributed by atoms with van der Waals surface area (Å²) in [5.74, 6) is -1.90. The van der Waals surface area contributed by atoms with Gasteiger partial charge in [0.1, 0.15) is 23.3 Å². The van der Waals surface area contributed by atoms with E-state index in [1.165, 1.54) is 49.2 Å². The topological polar surface area (TPSA) is 0 Å². The van der Waals surface area contributed by atoms with Crippen LogP contribution in [0, 0.1) is 64.8 Å². The molecule has 0 amide bonds. The van der Waals surface area contributed by atoms with Gasteiger partial charge in [0.15, 0.2) is 0 Å². The fourth-order valence-corrected chi connectivity index (χ4v) is 2.54. The van der Waals surface area contributed by atoms with Crippen LogP contribution in [0.1, 0.15) is 33.4 Å². The summed E-state index contributed by atoms with van der Waals surface area (Å²) in [6.07, 6.45) is 0. The number of thiol groups is 1. The maximum atomic E-state index is 12.6. The molecule has 156 valence electrons. The second-order valence-corrected chi connectivity index (χ2v) is 7.48. The molecular formula is C24H26F4S. The van der Waals surface area contributed by atoms with Crippen LogP contribution < -0.4 is 0 Å². The minimum Gasteiger partial charge on any atom is -0.207 e. The molecule has 0 atom stereocenters. The second-order valence-electron chi connectivity index (χ2n) is 7.00. The van der Waals surface area contributed by atoms with E-state index >= 15 is 0 Å². The molecule has 0 aliphatic heterocycles. The molecule has 5 heteroatoms. The van der Waals surface area contributed by atoms with E-state index in [0.717, 1.165) is 4.90 Å². The molecule has 0 saturated heterocycles. The zero-order chi connectivity index (χ0) is 22.3. The molecular weight excluding hydrogens is 396 g/mol. The number of halogens is 4. The molecule has 0 heterocycles. The Bertz CT molecular complexity index is 879. The molecule has 0 bridgehead atoms. The van der Waals surface area contributed by atoms with E-state index in [4.69, 9.17) is 0 Å². The van der Waals surface area contributed by atoms with Crippen LogP contribution in [0.25, 0.3) is 0 Å². The lowest BCUT2D eigenvalue weighted by Crippen LogP contribution is -1.89. The van der Waals surface area contributed by atoms with Gasteiger partial charge in [-0.15, -0.1) is 12.6 Å². The van der Waals surface area contributed by atoms with Crippen LogP contribution >= 0.6 is 12.6 Å². The van der Waals surface area contributed by atoms with Crippen LogP contribution in [0.5, 0.6) is 0 Å². The molecule has 0 saturated carbocycles. The third-order valence-corrected chi connectivity index (χ3v) is 4.70. The molecule has 3 aromatic carbocycles. The molecule has 0 radical (unpaired) electrons. The van der Waals surface area contributed by atoms with Gasteiger partial charge in [-0.1, -0.05) is 17.7 Å². The van der Waals surface area contributed by atoms with Gasteiger partial charge in [-0.25, -0.2) is 17.6 Å². The van der Waals surface area contributed by atoms with E-state index in [-0.39, 0.29) is 11.1 Å². The number of benzene rings is 3. The van der Waals surface area contributed by atoms with Crippen molar-refractivity contribution < 1.29 is 17.6 Å². The first-order chi connectivity index (χ1) is 13.4. The van der Waals surface area contributed by atoms with Crippen LogP contribution in [-0.2, 0) is 0 Å². The fourth-order valence-electron chi connectivity index (χ4n) is 2.26. The molecule has 29 heavy (non-hydrogen) atoms. The predicted molar refractivity (Wildman–Crippen MR) is 115 cm³/mol. The van der Waals surface area contributed by atoms with Gasteiger partial charge in [-0.05, 0) is 88.6 Å². The maximum absolute atomic E-state index is 12.6. The van der Waals surface area contributed by atoms with Gasteiger partial charge in [0, 0.05) is 16.0 Å². The quantitative estimate of drug-likeness (QED) is 0.278. The normalized spacial score (nSPS) is 9.90. The van der Waals surface area contributed by atoms with Crippen molar-refractivity contribution in [2.45, 2.75) is 46.4 Å². The average molecular weight is 423 g/mol. The zero-order valence-corrected chi connectivity index (χ0v) is 18.4. The van der Waals surface area contributed by atoms with E-state index in [1.54, 1.807) is 13.8 Å². The van der Waals surface area contributed by atoms with Gasteiger partial charge in [-0.3, -0.25) is 0 Å². The maximum Gasteiger partial charge on any atom is 0.129 e. The van der Waals surface area contributed by atoms with Crippen molar-refractivity contribution in [1.82, 2.24) is 0 Å². The first-order valence-electron chi connectivity index (χ1n) is 9.03. The van der Waals surface area contributed by atoms with Crippen molar-refractivity contribution in [1.29, 1.82) is 0 Å². The summed E-state index contributed by atoms with van der Waals surface area (Å²) in [6.45, 7) is 10.3. The third-order valence-electron chi connectivity index (χ3n) is 4.22. The van der Waals surface area contributed by atoms with Gasteiger partial charge < -0.3 is 0 Å². The minimum absolute atomic E-state index is 0.0885. The Morgan fingerprint density at radius 1 is 0.517 bits per heavy atom. The van der Waals surface area contributed by atoms with Crippen molar-refractivity contribution in [2.24, 2.45) is 0 Å². The van der Waals surface area contributed by atoms with Gasteiger partial charge in [-0.2, -0.15) is 0 Å². The van der Waals surface area contributed by atoms with Gasteiger partial charge in [0.05, 0.1) is 0 Å². The van der Waals surface area contributed by atoms with Crippen LogP contribution in [0.2, 0.25) is 0 Å². The summed E-state index contributed by atoms with van der Waals surface area (Å²) < 4.78 is 50.4. The van der Waals surface area contributed by atoms with Crippen LogP contribution in [-0.4, -0.2) is 0 Å². The molecule has 0 aromatic heterocycles.